The van der Waals surface area contributed by atoms with E-state index in [1.54, 1.807) is 13.8 Å². The van der Waals surface area contributed by atoms with Gasteiger partial charge in [0, 0.05) is 0 Å². The van der Waals surface area contributed by atoms with E-state index < -0.39 is 97.3 Å². The van der Waals surface area contributed by atoms with Crippen LogP contribution in [-0.4, -0.2) is 150 Å². The first-order valence-electron chi connectivity index (χ1n) is 20.9. The van der Waals surface area contributed by atoms with Crippen LogP contribution in [0.25, 0.3) is 0 Å². The third-order valence-electron chi connectivity index (χ3n) is 17.3. The number of aliphatic hydroxyl groups is 10. The van der Waals surface area contributed by atoms with E-state index in [4.69, 9.17) is 18.9 Å². The minimum absolute atomic E-state index is 0.0301. The van der Waals surface area contributed by atoms with Gasteiger partial charge < -0.3 is 70.0 Å². The summed E-state index contributed by atoms with van der Waals surface area (Å²) in [6.45, 7) is 13.5. The smallest absolute Gasteiger partial charge is 0.186 e. The van der Waals surface area contributed by atoms with Crippen molar-refractivity contribution in [2.75, 3.05) is 13.2 Å². The molecular weight excluding hydrogens is 716 g/mol. The molecule has 0 amide bonds. The zero-order valence-electron chi connectivity index (χ0n) is 33.7. The molecule has 7 rings (SSSR count). The monoisotopic (exact) mass is 786 g/mol. The van der Waals surface area contributed by atoms with Gasteiger partial charge in [-0.05, 0) is 122 Å². The molecule has 21 atom stereocenters. The highest BCUT2D eigenvalue weighted by molar-refractivity contribution is 5.32. The minimum Gasteiger partial charge on any atom is -0.394 e. The van der Waals surface area contributed by atoms with E-state index in [-0.39, 0.29) is 51.9 Å². The van der Waals surface area contributed by atoms with Gasteiger partial charge in [-0.3, -0.25) is 0 Å². The molecule has 318 valence electrons. The van der Waals surface area contributed by atoms with Gasteiger partial charge in [0.25, 0.3) is 0 Å². The van der Waals surface area contributed by atoms with Gasteiger partial charge in [0.2, 0.25) is 0 Å². The maximum Gasteiger partial charge on any atom is 0.186 e. The third kappa shape index (κ3) is 6.33. The largest absolute Gasteiger partial charge is 0.394 e. The molecule has 14 heteroatoms. The maximum atomic E-state index is 12.0. The molecule has 0 aromatic rings. The molecule has 0 aromatic heterocycles. The van der Waals surface area contributed by atoms with Gasteiger partial charge in [0.05, 0.1) is 43.2 Å². The minimum atomic E-state index is -1.60. The van der Waals surface area contributed by atoms with Crippen molar-refractivity contribution in [1.29, 1.82) is 0 Å². The highest BCUT2D eigenvalue weighted by atomic mass is 16.7. The Morgan fingerprint density at radius 1 is 0.782 bits per heavy atom. The summed E-state index contributed by atoms with van der Waals surface area (Å²) in [7, 11) is 0. The highest BCUT2D eigenvalue weighted by Gasteiger charge is 2.84. The van der Waals surface area contributed by atoms with Crippen molar-refractivity contribution >= 4 is 0 Å². The summed E-state index contributed by atoms with van der Waals surface area (Å²) in [6, 6.07) is 0. The van der Waals surface area contributed by atoms with E-state index in [9.17, 15) is 51.1 Å². The SMILES string of the molecule is C[C@H](CC[C@H](O)C(C)(C)O)[C@H]1[C@@H](O)C[C@@]2(C)[C@H]3C[C@H](O[C@@H]4O[C@H](CO)[C@@H](O)[C@H](O)[C@H]4O)[C@@H]4C(C)(C)[C@@H](O[C@@H]5OC[C@@H](O)[C@H](O)[C@H]5O)CC[C@@]45C[C@@]35CC[C@]12C. The summed E-state index contributed by atoms with van der Waals surface area (Å²) in [6.07, 6.45) is -8.32. The van der Waals surface area contributed by atoms with Crippen LogP contribution in [0.3, 0.4) is 0 Å². The fourth-order valence-electron chi connectivity index (χ4n) is 14.2. The molecule has 2 saturated heterocycles. The molecule has 0 aromatic carbocycles. The summed E-state index contributed by atoms with van der Waals surface area (Å²) in [5.74, 6) is 0.0163. The van der Waals surface area contributed by atoms with E-state index >= 15 is 0 Å². The molecule has 7 aliphatic rings. The predicted octanol–water partition coefficient (Wildman–Crippen LogP) is 0.564. The van der Waals surface area contributed by atoms with E-state index in [0.717, 1.165) is 25.7 Å². The lowest BCUT2D eigenvalue weighted by molar-refractivity contribution is -0.338. The third-order valence-corrected chi connectivity index (χ3v) is 17.3. The van der Waals surface area contributed by atoms with Crippen LogP contribution < -0.4 is 0 Å². The molecule has 5 saturated carbocycles. The molecule has 2 heterocycles. The molecule has 2 aliphatic heterocycles. The van der Waals surface area contributed by atoms with E-state index in [1.807, 2.05) is 0 Å². The van der Waals surface area contributed by atoms with Gasteiger partial charge in [-0.1, -0.05) is 34.6 Å². The molecule has 0 unspecified atom stereocenters. The maximum absolute atomic E-state index is 12.0. The van der Waals surface area contributed by atoms with Crippen LogP contribution in [0.2, 0.25) is 0 Å². The number of aliphatic hydroxyl groups excluding tert-OH is 9. The lowest BCUT2D eigenvalue weighted by Gasteiger charge is -2.65. The summed E-state index contributed by atoms with van der Waals surface area (Å²) < 4.78 is 25.1. The molecule has 0 bridgehead atoms. The Hall–Kier alpha value is -0.560. The number of rotatable bonds is 10. The van der Waals surface area contributed by atoms with E-state index in [2.05, 4.69) is 34.6 Å². The van der Waals surface area contributed by atoms with Crippen LogP contribution in [0.15, 0.2) is 0 Å². The van der Waals surface area contributed by atoms with Crippen LogP contribution in [0, 0.1) is 50.7 Å². The van der Waals surface area contributed by atoms with Gasteiger partial charge in [0.15, 0.2) is 12.6 Å². The number of fused-ring (bicyclic) bond motifs is 2. The number of hydrogen-bond donors (Lipinski definition) is 10. The first-order chi connectivity index (χ1) is 25.5. The normalized spacial score (nSPS) is 54.4. The Morgan fingerprint density at radius 2 is 1.45 bits per heavy atom. The summed E-state index contributed by atoms with van der Waals surface area (Å²) >= 11 is 0. The fourth-order valence-corrected chi connectivity index (χ4v) is 14.2. The van der Waals surface area contributed by atoms with E-state index in [1.165, 1.54) is 0 Å². The molecule has 55 heavy (non-hydrogen) atoms. The van der Waals surface area contributed by atoms with Crippen LogP contribution in [-0.2, 0) is 18.9 Å². The Bertz CT molecular complexity index is 1390. The Kier molecular flexibility index (Phi) is 11.1. The summed E-state index contributed by atoms with van der Waals surface area (Å²) in [4.78, 5) is 0. The standard InChI is InChI=1S/C41H70O14/c1-19(8-9-25(45)37(4,5)51)27-20(43)15-39(7)24-14-22(53-35-32(50)30(48)29(47)23(16-42)54-35)33-36(2,3)26(55-34-31(49)28(46)21(44)17-52-34)10-11-41(33)18-40(24,41)13-12-38(27,39)6/h19-35,42-51H,8-18H2,1-7H3/t19-,20+,21-,22+,23-,24-,25+,26+,27+,28+,29-,30+,31-,32-,33-,34+,35-,38-,39+,40+,41-/m1/s1. The van der Waals surface area contributed by atoms with Gasteiger partial charge >= 0.3 is 0 Å². The van der Waals surface area contributed by atoms with Gasteiger partial charge in [-0.25, -0.2) is 0 Å². The van der Waals surface area contributed by atoms with Crippen molar-refractivity contribution in [3.8, 4) is 0 Å². The van der Waals surface area contributed by atoms with Gasteiger partial charge in [-0.2, -0.15) is 0 Å². The molecule has 14 nitrogen and oxygen atoms in total. The average Bonchev–Trinajstić information content (AvgIpc) is 3.71. The fraction of sp³-hybridized carbons (Fsp3) is 1.00. The van der Waals surface area contributed by atoms with Crippen molar-refractivity contribution in [2.45, 2.75) is 192 Å². The van der Waals surface area contributed by atoms with Crippen LogP contribution in [0.4, 0.5) is 0 Å². The molecule has 7 fully saturated rings. The Morgan fingerprint density at radius 3 is 2.11 bits per heavy atom. The summed E-state index contributed by atoms with van der Waals surface area (Å²) in [5, 5.41) is 107. The first-order valence-corrected chi connectivity index (χ1v) is 20.9. The van der Waals surface area contributed by atoms with Crippen molar-refractivity contribution in [3.63, 3.8) is 0 Å². The Balaban J connectivity index is 1.22. The van der Waals surface area contributed by atoms with Crippen molar-refractivity contribution in [3.05, 3.63) is 0 Å². The van der Waals surface area contributed by atoms with Crippen LogP contribution in [0.1, 0.15) is 106 Å². The lowest BCUT2D eigenvalue weighted by Crippen LogP contribution is -2.65. The second kappa shape index (κ2) is 14.3. The van der Waals surface area contributed by atoms with Crippen LogP contribution >= 0.6 is 0 Å². The lowest BCUT2D eigenvalue weighted by atomic mass is 9.41. The summed E-state index contributed by atoms with van der Waals surface area (Å²) in [5.41, 5.74) is -2.64. The second-order valence-corrected chi connectivity index (χ2v) is 20.7. The van der Waals surface area contributed by atoms with Gasteiger partial charge in [-0.15, -0.1) is 0 Å². The Labute approximate surface area is 325 Å². The quantitative estimate of drug-likeness (QED) is 0.136. The topological polar surface area (TPSA) is 239 Å². The molecule has 5 aliphatic carbocycles. The predicted molar refractivity (Wildman–Crippen MR) is 196 cm³/mol. The van der Waals surface area contributed by atoms with E-state index in [0.29, 0.717) is 32.1 Å². The van der Waals surface area contributed by atoms with Crippen molar-refractivity contribution < 1.29 is 70.0 Å². The molecule has 10 N–H and O–H groups in total. The zero-order chi connectivity index (χ0) is 40.4. The van der Waals surface area contributed by atoms with Crippen molar-refractivity contribution in [2.24, 2.45) is 50.7 Å². The molecule has 0 radical (unpaired) electrons. The van der Waals surface area contributed by atoms with Crippen LogP contribution in [0.5, 0.6) is 0 Å². The highest BCUT2D eigenvalue weighted by Crippen LogP contribution is 2.89. The number of ether oxygens (including phenoxy) is 4. The first kappa shape index (κ1) is 42.6. The average molecular weight is 787 g/mol. The van der Waals surface area contributed by atoms with Crippen molar-refractivity contribution in [1.82, 2.24) is 0 Å². The number of hydrogen-bond acceptors (Lipinski definition) is 14. The molecular formula is C41H70O14. The second-order valence-electron chi connectivity index (χ2n) is 20.7. The zero-order valence-corrected chi connectivity index (χ0v) is 33.7. The molecule has 2 spiro atoms. The van der Waals surface area contributed by atoms with Gasteiger partial charge in [0.1, 0.15) is 42.7 Å².